The number of nitrogens with zero attached hydrogens (tertiary/aromatic N) is 2. The van der Waals surface area contributed by atoms with Crippen molar-refractivity contribution < 1.29 is 9.90 Å². The molecule has 0 spiro atoms. The van der Waals surface area contributed by atoms with E-state index in [2.05, 4.69) is 11.0 Å². The van der Waals surface area contributed by atoms with Gasteiger partial charge in [0, 0.05) is 31.7 Å². The Labute approximate surface area is 114 Å². The number of amides is 1. The minimum absolute atomic E-state index is 0.147. The lowest BCUT2D eigenvalue weighted by Crippen LogP contribution is -2.34. The lowest BCUT2D eigenvalue weighted by Gasteiger charge is -2.22. The van der Waals surface area contributed by atoms with Crippen LogP contribution in [0.5, 0.6) is 0 Å². The first kappa shape index (κ1) is 14.0. The second-order valence-corrected chi connectivity index (χ2v) is 4.83. The third-order valence-electron chi connectivity index (χ3n) is 3.69. The number of hydrogen-bond donors (Lipinski definition) is 1. The van der Waals surface area contributed by atoms with Gasteiger partial charge in [0.05, 0.1) is 6.61 Å². The van der Waals surface area contributed by atoms with Crippen LogP contribution in [0.15, 0.2) is 24.3 Å². The normalized spacial score (nSPS) is 13.9. The van der Waals surface area contributed by atoms with Gasteiger partial charge in [-0.25, -0.2) is 0 Å². The van der Waals surface area contributed by atoms with E-state index in [1.165, 1.54) is 5.56 Å². The summed E-state index contributed by atoms with van der Waals surface area (Å²) in [6.07, 6.45) is 1.47. The van der Waals surface area contributed by atoms with Gasteiger partial charge in [0.2, 0.25) is 5.91 Å². The van der Waals surface area contributed by atoms with Crippen molar-refractivity contribution in [2.75, 3.05) is 37.7 Å². The smallest absolute Gasteiger partial charge is 0.228 e. The fourth-order valence-electron chi connectivity index (χ4n) is 2.56. The van der Waals surface area contributed by atoms with Crippen LogP contribution in [0.4, 0.5) is 5.69 Å². The molecule has 0 saturated heterocycles. The molecule has 1 heterocycles. The number of likely N-dealkylation sites (N-methyl/N-ethyl adjacent to an activating group) is 1. The quantitative estimate of drug-likeness (QED) is 0.840. The maximum atomic E-state index is 12.3. The first-order valence-corrected chi connectivity index (χ1v) is 6.97. The molecule has 1 N–H and O–H groups in total. The van der Waals surface area contributed by atoms with Crippen LogP contribution in [0, 0.1) is 0 Å². The van der Waals surface area contributed by atoms with Gasteiger partial charge in [-0.2, -0.15) is 0 Å². The Morgan fingerprint density at radius 3 is 2.89 bits per heavy atom. The van der Waals surface area contributed by atoms with Crippen molar-refractivity contribution in [3.8, 4) is 0 Å². The molecule has 0 unspecified atom stereocenters. The van der Waals surface area contributed by atoms with Gasteiger partial charge in [-0.3, -0.25) is 4.79 Å². The maximum Gasteiger partial charge on any atom is 0.228 e. The van der Waals surface area contributed by atoms with Gasteiger partial charge >= 0.3 is 0 Å². The van der Waals surface area contributed by atoms with E-state index < -0.39 is 0 Å². The Morgan fingerprint density at radius 2 is 2.16 bits per heavy atom. The predicted octanol–water partition coefficient (Wildman–Crippen LogP) is 1.28. The van der Waals surface area contributed by atoms with Crippen molar-refractivity contribution in [1.82, 2.24) is 4.90 Å². The van der Waals surface area contributed by atoms with Gasteiger partial charge in [0.15, 0.2) is 0 Å². The van der Waals surface area contributed by atoms with E-state index in [0.717, 1.165) is 25.2 Å². The summed E-state index contributed by atoms with van der Waals surface area (Å²) in [5.41, 5.74) is 2.33. The van der Waals surface area contributed by atoms with E-state index in [9.17, 15) is 4.79 Å². The van der Waals surface area contributed by atoms with Crippen molar-refractivity contribution in [3.05, 3.63) is 29.8 Å². The molecule has 2 rings (SSSR count). The summed E-state index contributed by atoms with van der Waals surface area (Å²) in [6, 6.07) is 8.11. The topological polar surface area (TPSA) is 43.8 Å². The predicted molar refractivity (Wildman–Crippen MR) is 76.3 cm³/mol. The number of benzene rings is 1. The number of fused-ring (bicyclic) bond motifs is 1. The number of carbonyl (C=O) groups excluding carboxylic acids is 1. The standard InChI is InChI=1S/C15H22N2O2/c1-2-16(11-12-18)9-8-15(19)17-10-7-13-5-3-4-6-14(13)17/h3-6,18H,2,7-12H2,1H3. The van der Waals surface area contributed by atoms with Gasteiger partial charge in [0.25, 0.3) is 0 Å². The van der Waals surface area contributed by atoms with E-state index in [1.54, 1.807) is 0 Å². The second kappa shape index (κ2) is 6.68. The monoisotopic (exact) mass is 262 g/mol. The molecule has 0 atom stereocenters. The minimum Gasteiger partial charge on any atom is -0.395 e. The SMILES string of the molecule is CCN(CCO)CCC(=O)N1CCc2ccccc21. The number of carbonyl (C=O) groups is 1. The lowest BCUT2D eigenvalue weighted by molar-refractivity contribution is -0.118. The number of para-hydroxylation sites is 1. The molecule has 0 fully saturated rings. The molecule has 0 aromatic heterocycles. The fraction of sp³-hybridized carbons (Fsp3) is 0.533. The van der Waals surface area contributed by atoms with Crippen LogP contribution in [0.25, 0.3) is 0 Å². The Balaban J connectivity index is 1.91. The van der Waals surface area contributed by atoms with Gasteiger partial charge in [-0.15, -0.1) is 0 Å². The average molecular weight is 262 g/mol. The Kier molecular flexibility index (Phi) is 4.93. The molecular formula is C15H22N2O2. The number of anilines is 1. The molecule has 1 aromatic rings. The summed E-state index contributed by atoms with van der Waals surface area (Å²) < 4.78 is 0. The first-order valence-electron chi connectivity index (χ1n) is 6.97. The summed E-state index contributed by atoms with van der Waals surface area (Å²) >= 11 is 0. The zero-order valence-electron chi connectivity index (χ0n) is 11.5. The average Bonchev–Trinajstić information content (AvgIpc) is 2.87. The summed E-state index contributed by atoms with van der Waals surface area (Å²) in [4.78, 5) is 16.3. The van der Waals surface area contributed by atoms with Crippen LogP contribution in [0.2, 0.25) is 0 Å². The molecule has 0 aliphatic carbocycles. The molecule has 0 saturated carbocycles. The highest BCUT2D eigenvalue weighted by Gasteiger charge is 2.23. The highest BCUT2D eigenvalue weighted by Crippen LogP contribution is 2.27. The molecule has 1 aromatic carbocycles. The summed E-state index contributed by atoms with van der Waals surface area (Å²) in [7, 11) is 0. The van der Waals surface area contributed by atoms with Crippen molar-refractivity contribution in [2.24, 2.45) is 0 Å². The Bertz CT molecular complexity index is 434. The van der Waals surface area contributed by atoms with Gasteiger partial charge in [0.1, 0.15) is 0 Å². The first-order chi connectivity index (χ1) is 9.26. The van der Waals surface area contributed by atoms with Crippen LogP contribution in [-0.2, 0) is 11.2 Å². The van der Waals surface area contributed by atoms with E-state index >= 15 is 0 Å². The highest BCUT2D eigenvalue weighted by atomic mass is 16.3. The zero-order chi connectivity index (χ0) is 13.7. The summed E-state index contributed by atoms with van der Waals surface area (Å²) in [6.45, 7) is 5.21. The molecule has 1 amide bonds. The minimum atomic E-state index is 0.147. The summed E-state index contributed by atoms with van der Waals surface area (Å²) in [5, 5.41) is 8.94. The number of aliphatic hydroxyl groups is 1. The Hall–Kier alpha value is -1.39. The molecule has 1 aliphatic heterocycles. The molecule has 0 bridgehead atoms. The molecule has 19 heavy (non-hydrogen) atoms. The van der Waals surface area contributed by atoms with Crippen LogP contribution in [0.1, 0.15) is 18.9 Å². The second-order valence-electron chi connectivity index (χ2n) is 4.83. The maximum absolute atomic E-state index is 12.3. The highest BCUT2D eigenvalue weighted by molar-refractivity contribution is 5.95. The number of rotatable bonds is 6. The summed E-state index contributed by atoms with van der Waals surface area (Å²) in [5.74, 6) is 0.182. The number of aliphatic hydroxyl groups excluding tert-OH is 1. The van der Waals surface area contributed by atoms with E-state index in [0.29, 0.717) is 19.5 Å². The molecule has 4 nitrogen and oxygen atoms in total. The lowest BCUT2D eigenvalue weighted by atomic mass is 10.2. The largest absolute Gasteiger partial charge is 0.395 e. The van der Waals surface area contributed by atoms with E-state index in [1.807, 2.05) is 30.0 Å². The molecule has 104 valence electrons. The van der Waals surface area contributed by atoms with E-state index in [-0.39, 0.29) is 12.5 Å². The van der Waals surface area contributed by atoms with Crippen LogP contribution >= 0.6 is 0 Å². The zero-order valence-corrected chi connectivity index (χ0v) is 11.5. The molecule has 1 aliphatic rings. The van der Waals surface area contributed by atoms with Crippen molar-refractivity contribution in [1.29, 1.82) is 0 Å². The molecule has 0 radical (unpaired) electrons. The van der Waals surface area contributed by atoms with Crippen LogP contribution in [0.3, 0.4) is 0 Å². The molecule has 4 heteroatoms. The van der Waals surface area contributed by atoms with Crippen molar-refractivity contribution in [2.45, 2.75) is 19.8 Å². The Morgan fingerprint density at radius 1 is 1.37 bits per heavy atom. The van der Waals surface area contributed by atoms with Crippen LogP contribution < -0.4 is 4.90 Å². The van der Waals surface area contributed by atoms with Gasteiger partial charge < -0.3 is 14.9 Å². The third-order valence-corrected chi connectivity index (χ3v) is 3.69. The van der Waals surface area contributed by atoms with Gasteiger partial charge in [-0.1, -0.05) is 25.1 Å². The van der Waals surface area contributed by atoms with E-state index in [4.69, 9.17) is 5.11 Å². The van der Waals surface area contributed by atoms with Crippen molar-refractivity contribution in [3.63, 3.8) is 0 Å². The molecular weight excluding hydrogens is 240 g/mol. The van der Waals surface area contributed by atoms with Crippen LogP contribution in [-0.4, -0.2) is 48.7 Å². The van der Waals surface area contributed by atoms with Crippen molar-refractivity contribution >= 4 is 11.6 Å². The number of hydrogen-bond acceptors (Lipinski definition) is 3. The third kappa shape index (κ3) is 3.33. The fourth-order valence-corrected chi connectivity index (χ4v) is 2.56. The van der Waals surface area contributed by atoms with Gasteiger partial charge in [-0.05, 0) is 24.6 Å².